The van der Waals surface area contributed by atoms with Gasteiger partial charge in [0.2, 0.25) is 10.0 Å². The van der Waals surface area contributed by atoms with E-state index in [9.17, 15) is 8.42 Å². The number of sulfonamides is 1. The van der Waals surface area contributed by atoms with Crippen LogP contribution in [-0.4, -0.2) is 20.7 Å². The van der Waals surface area contributed by atoms with Crippen LogP contribution in [0.3, 0.4) is 0 Å². The lowest BCUT2D eigenvalue weighted by Crippen LogP contribution is -2.19. The van der Waals surface area contributed by atoms with E-state index in [1.54, 1.807) is 25.1 Å². The number of anilines is 1. The van der Waals surface area contributed by atoms with Crippen LogP contribution in [0.4, 0.5) is 5.69 Å². The number of rotatable bonds is 5. The second-order valence-corrected chi connectivity index (χ2v) is 5.80. The lowest BCUT2D eigenvalue weighted by atomic mass is 10.2. The van der Waals surface area contributed by atoms with Gasteiger partial charge in [0.25, 0.3) is 0 Å². The van der Waals surface area contributed by atoms with Gasteiger partial charge in [-0.25, -0.2) is 8.42 Å². The maximum Gasteiger partial charge on any atom is 0.232 e. The molecule has 0 saturated heterocycles. The van der Waals surface area contributed by atoms with Gasteiger partial charge in [-0.1, -0.05) is 11.6 Å². The summed E-state index contributed by atoms with van der Waals surface area (Å²) >= 11 is 5.78. The third-order valence-electron chi connectivity index (χ3n) is 2.07. The first-order valence-corrected chi connectivity index (χ1v) is 6.94. The number of nitrogens with two attached hydrogens (primary N) is 1. The van der Waals surface area contributed by atoms with Crippen LogP contribution in [0.25, 0.3) is 0 Å². The van der Waals surface area contributed by atoms with Crippen LogP contribution in [0, 0.1) is 6.92 Å². The van der Waals surface area contributed by atoms with Gasteiger partial charge in [-0.05, 0) is 43.7 Å². The molecule has 1 aromatic carbocycles. The fourth-order valence-corrected chi connectivity index (χ4v) is 2.67. The minimum atomic E-state index is -3.31. The van der Waals surface area contributed by atoms with Crippen LogP contribution >= 0.6 is 11.6 Å². The van der Waals surface area contributed by atoms with E-state index in [1.165, 1.54) is 0 Å². The van der Waals surface area contributed by atoms with Crippen molar-refractivity contribution in [2.24, 2.45) is 5.73 Å². The van der Waals surface area contributed by atoms with Crippen LogP contribution in [0.1, 0.15) is 12.0 Å². The molecule has 0 aromatic heterocycles. The molecule has 0 heterocycles. The molecule has 0 aliphatic heterocycles. The Morgan fingerprint density at radius 1 is 1.44 bits per heavy atom. The summed E-state index contributed by atoms with van der Waals surface area (Å²) in [7, 11) is -3.31. The summed E-state index contributed by atoms with van der Waals surface area (Å²) in [5, 5.41) is 0.586. The Bertz CT molecular complexity index is 460. The molecule has 0 atom stereocenters. The number of hydrogen-bond acceptors (Lipinski definition) is 3. The third kappa shape index (κ3) is 4.00. The fourth-order valence-electron chi connectivity index (χ4n) is 1.23. The molecule has 1 rings (SSSR count). The van der Waals surface area contributed by atoms with E-state index >= 15 is 0 Å². The molecule has 0 saturated carbocycles. The topological polar surface area (TPSA) is 72.2 Å². The van der Waals surface area contributed by atoms with Crippen molar-refractivity contribution in [3.63, 3.8) is 0 Å². The number of hydrogen-bond donors (Lipinski definition) is 2. The van der Waals surface area contributed by atoms with Crippen LogP contribution in [0.2, 0.25) is 5.02 Å². The highest BCUT2D eigenvalue weighted by molar-refractivity contribution is 7.92. The van der Waals surface area contributed by atoms with Crippen molar-refractivity contribution in [3.8, 4) is 0 Å². The quantitative estimate of drug-likeness (QED) is 0.849. The average Bonchev–Trinajstić information content (AvgIpc) is 2.19. The van der Waals surface area contributed by atoms with E-state index in [1.807, 2.05) is 0 Å². The molecular weight excluding hydrogens is 248 g/mol. The summed E-state index contributed by atoms with van der Waals surface area (Å²) in [6.45, 7) is 2.16. The lowest BCUT2D eigenvalue weighted by Gasteiger charge is -2.10. The Balaban J connectivity index is 2.80. The van der Waals surface area contributed by atoms with Gasteiger partial charge in [0.05, 0.1) is 11.4 Å². The zero-order chi connectivity index (χ0) is 12.2. The van der Waals surface area contributed by atoms with Gasteiger partial charge in [-0.3, -0.25) is 4.72 Å². The molecule has 6 heteroatoms. The third-order valence-corrected chi connectivity index (χ3v) is 3.66. The zero-order valence-electron chi connectivity index (χ0n) is 9.03. The fraction of sp³-hybridized carbons (Fsp3) is 0.400. The minimum Gasteiger partial charge on any atom is -0.330 e. The van der Waals surface area contributed by atoms with Crippen molar-refractivity contribution in [1.82, 2.24) is 0 Å². The first-order chi connectivity index (χ1) is 7.44. The molecule has 0 unspecified atom stereocenters. The molecular formula is C10H15ClN2O2S. The summed E-state index contributed by atoms with van der Waals surface area (Å²) in [6.07, 6.45) is 0.446. The molecule has 0 radical (unpaired) electrons. The number of aryl methyl sites for hydroxylation is 1. The van der Waals surface area contributed by atoms with Crippen LogP contribution in [-0.2, 0) is 10.0 Å². The Labute approximate surface area is 101 Å². The SMILES string of the molecule is Cc1cc(Cl)ccc1NS(=O)(=O)CCCN. The molecule has 0 fully saturated rings. The Morgan fingerprint density at radius 2 is 2.12 bits per heavy atom. The zero-order valence-corrected chi connectivity index (χ0v) is 10.6. The van der Waals surface area contributed by atoms with E-state index in [0.29, 0.717) is 23.7 Å². The molecule has 0 amide bonds. The van der Waals surface area contributed by atoms with Crippen molar-refractivity contribution in [1.29, 1.82) is 0 Å². The summed E-state index contributed by atoms with van der Waals surface area (Å²) < 4.78 is 25.7. The highest BCUT2D eigenvalue weighted by atomic mass is 35.5. The number of nitrogens with one attached hydrogen (secondary N) is 1. The normalized spacial score (nSPS) is 11.4. The average molecular weight is 263 g/mol. The first-order valence-electron chi connectivity index (χ1n) is 4.91. The Morgan fingerprint density at radius 3 is 2.69 bits per heavy atom. The molecule has 0 aliphatic rings. The van der Waals surface area contributed by atoms with Gasteiger partial charge in [0.1, 0.15) is 0 Å². The van der Waals surface area contributed by atoms with Gasteiger partial charge in [-0.2, -0.15) is 0 Å². The van der Waals surface area contributed by atoms with Gasteiger partial charge in [0.15, 0.2) is 0 Å². The van der Waals surface area contributed by atoms with E-state index in [0.717, 1.165) is 5.56 Å². The van der Waals surface area contributed by atoms with Crippen LogP contribution < -0.4 is 10.5 Å². The van der Waals surface area contributed by atoms with Crippen LogP contribution in [0.15, 0.2) is 18.2 Å². The van der Waals surface area contributed by atoms with Gasteiger partial charge >= 0.3 is 0 Å². The predicted molar refractivity (Wildman–Crippen MR) is 67.3 cm³/mol. The molecule has 0 spiro atoms. The molecule has 1 aromatic rings. The standard InChI is InChI=1S/C10H15ClN2O2S/c1-8-7-9(11)3-4-10(8)13-16(14,15)6-2-5-12/h3-4,7,13H,2,5-6,12H2,1H3. The second kappa shape index (κ2) is 5.52. The van der Waals surface area contributed by atoms with Gasteiger partial charge in [-0.15, -0.1) is 0 Å². The van der Waals surface area contributed by atoms with E-state index in [2.05, 4.69) is 4.72 Å². The predicted octanol–water partition coefficient (Wildman–Crippen LogP) is 1.74. The van der Waals surface area contributed by atoms with E-state index < -0.39 is 10.0 Å². The van der Waals surface area contributed by atoms with Gasteiger partial charge < -0.3 is 5.73 Å². The smallest absolute Gasteiger partial charge is 0.232 e. The maximum atomic E-state index is 11.6. The minimum absolute atomic E-state index is 0.0333. The summed E-state index contributed by atoms with van der Waals surface area (Å²) in [5.41, 5.74) is 6.62. The van der Waals surface area contributed by atoms with Crippen molar-refractivity contribution in [2.75, 3.05) is 17.0 Å². The largest absolute Gasteiger partial charge is 0.330 e. The molecule has 0 aliphatic carbocycles. The second-order valence-electron chi connectivity index (χ2n) is 3.52. The number of benzene rings is 1. The monoisotopic (exact) mass is 262 g/mol. The van der Waals surface area contributed by atoms with E-state index in [4.69, 9.17) is 17.3 Å². The molecule has 16 heavy (non-hydrogen) atoms. The Kier molecular flexibility index (Phi) is 4.58. The molecule has 4 nitrogen and oxygen atoms in total. The van der Waals surface area contributed by atoms with Crippen LogP contribution in [0.5, 0.6) is 0 Å². The highest BCUT2D eigenvalue weighted by Crippen LogP contribution is 2.20. The Hall–Kier alpha value is -0.780. The van der Waals surface area contributed by atoms with Crippen molar-refractivity contribution < 1.29 is 8.42 Å². The first kappa shape index (κ1) is 13.3. The van der Waals surface area contributed by atoms with Crippen molar-refractivity contribution in [2.45, 2.75) is 13.3 Å². The summed E-state index contributed by atoms with van der Waals surface area (Å²) in [6, 6.07) is 5.01. The maximum absolute atomic E-state index is 11.6. The lowest BCUT2D eigenvalue weighted by molar-refractivity contribution is 0.598. The van der Waals surface area contributed by atoms with Crippen molar-refractivity contribution in [3.05, 3.63) is 28.8 Å². The van der Waals surface area contributed by atoms with Gasteiger partial charge in [0, 0.05) is 5.02 Å². The van der Waals surface area contributed by atoms with E-state index in [-0.39, 0.29) is 5.75 Å². The molecule has 3 N–H and O–H groups in total. The summed E-state index contributed by atoms with van der Waals surface area (Å²) in [5.74, 6) is 0.0333. The van der Waals surface area contributed by atoms with Crippen molar-refractivity contribution >= 4 is 27.3 Å². The summed E-state index contributed by atoms with van der Waals surface area (Å²) in [4.78, 5) is 0. The molecule has 90 valence electrons. The number of halogens is 1. The highest BCUT2D eigenvalue weighted by Gasteiger charge is 2.10. The molecule has 0 bridgehead atoms.